The van der Waals surface area contributed by atoms with Crippen molar-refractivity contribution in [3.8, 4) is 0 Å². The molecule has 1 rings (SSSR count). The maximum absolute atomic E-state index is 5.48. The Balaban J connectivity index is 3.23. The number of nitrogen functional groups attached to an aromatic ring is 1. The second kappa shape index (κ2) is 2.17. The van der Waals surface area contributed by atoms with E-state index in [1.807, 2.05) is 13.8 Å². The highest BCUT2D eigenvalue weighted by molar-refractivity contribution is 5.70. The first-order valence-electron chi connectivity index (χ1n) is 3.00. The van der Waals surface area contributed by atoms with E-state index >= 15 is 0 Å². The molecule has 54 valence electrons. The van der Waals surface area contributed by atoms with Crippen LogP contribution in [0.25, 0.3) is 5.57 Å². The second-order valence-electron chi connectivity index (χ2n) is 2.28. The minimum Gasteiger partial charge on any atom is -0.380 e. The summed E-state index contributed by atoms with van der Waals surface area (Å²) < 4.78 is 4.82. The SMILES string of the molecule is C=C(C)c1c(N)noc1C. The van der Waals surface area contributed by atoms with Crippen molar-refractivity contribution in [3.63, 3.8) is 0 Å². The highest BCUT2D eigenvalue weighted by Gasteiger charge is 2.08. The zero-order valence-corrected chi connectivity index (χ0v) is 6.14. The van der Waals surface area contributed by atoms with Gasteiger partial charge in [-0.2, -0.15) is 0 Å². The van der Waals surface area contributed by atoms with Crippen LogP contribution in [0.5, 0.6) is 0 Å². The Bertz CT molecular complexity index is 243. The molecule has 0 radical (unpaired) electrons. The Hall–Kier alpha value is -1.25. The zero-order chi connectivity index (χ0) is 7.72. The molecule has 0 aromatic carbocycles. The third-order valence-corrected chi connectivity index (χ3v) is 1.32. The van der Waals surface area contributed by atoms with Crippen LogP contribution in [0, 0.1) is 6.92 Å². The van der Waals surface area contributed by atoms with Crippen molar-refractivity contribution in [2.24, 2.45) is 0 Å². The molecule has 3 heteroatoms. The molecule has 0 aliphatic rings. The summed E-state index contributed by atoms with van der Waals surface area (Å²) in [5.74, 6) is 1.15. The van der Waals surface area contributed by atoms with Gasteiger partial charge in [-0.05, 0) is 19.4 Å². The predicted octanol–water partition coefficient (Wildman–Crippen LogP) is 1.60. The van der Waals surface area contributed by atoms with Crippen molar-refractivity contribution in [2.45, 2.75) is 13.8 Å². The fraction of sp³-hybridized carbons (Fsp3) is 0.286. The Morgan fingerprint density at radius 3 is 2.50 bits per heavy atom. The van der Waals surface area contributed by atoms with Gasteiger partial charge in [-0.3, -0.25) is 0 Å². The van der Waals surface area contributed by atoms with Gasteiger partial charge < -0.3 is 10.3 Å². The van der Waals surface area contributed by atoms with Crippen LogP contribution in [0.4, 0.5) is 5.82 Å². The van der Waals surface area contributed by atoms with Gasteiger partial charge in [-0.25, -0.2) is 0 Å². The monoisotopic (exact) mass is 138 g/mol. The lowest BCUT2D eigenvalue weighted by Crippen LogP contribution is -1.89. The molecule has 3 nitrogen and oxygen atoms in total. The summed E-state index contributed by atoms with van der Waals surface area (Å²) in [7, 11) is 0. The Kier molecular flexibility index (Phi) is 1.49. The Morgan fingerprint density at radius 1 is 1.70 bits per heavy atom. The van der Waals surface area contributed by atoms with Crippen molar-refractivity contribution in [1.29, 1.82) is 0 Å². The van der Waals surface area contributed by atoms with Gasteiger partial charge in [0.1, 0.15) is 5.76 Å². The fourth-order valence-electron chi connectivity index (χ4n) is 0.908. The van der Waals surface area contributed by atoms with Gasteiger partial charge >= 0.3 is 0 Å². The molecule has 0 fully saturated rings. The topological polar surface area (TPSA) is 52.0 Å². The standard InChI is InChI=1S/C7H10N2O/c1-4(2)6-5(3)10-9-7(6)8/h1H2,2-3H3,(H2,8,9). The number of aromatic nitrogens is 1. The first-order chi connectivity index (χ1) is 4.63. The van der Waals surface area contributed by atoms with Crippen molar-refractivity contribution in [1.82, 2.24) is 5.16 Å². The maximum atomic E-state index is 5.48. The molecule has 0 saturated carbocycles. The molecule has 1 heterocycles. The molecule has 0 spiro atoms. The summed E-state index contributed by atoms with van der Waals surface area (Å²) in [5, 5.41) is 3.58. The first kappa shape index (κ1) is 6.86. The van der Waals surface area contributed by atoms with E-state index in [9.17, 15) is 0 Å². The molecule has 0 aliphatic carbocycles. The van der Waals surface area contributed by atoms with Crippen LogP contribution in [0.15, 0.2) is 11.1 Å². The summed E-state index contributed by atoms with van der Waals surface area (Å²) in [4.78, 5) is 0. The van der Waals surface area contributed by atoms with E-state index in [0.717, 1.165) is 16.9 Å². The number of nitrogens with two attached hydrogens (primary N) is 1. The highest BCUT2D eigenvalue weighted by atomic mass is 16.5. The van der Waals surface area contributed by atoms with Crippen LogP contribution < -0.4 is 5.73 Å². The number of allylic oxidation sites excluding steroid dienone is 1. The van der Waals surface area contributed by atoms with E-state index in [-0.39, 0.29) is 0 Å². The average molecular weight is 138 g/mol. The van der Waals surface area contributed by atoms with Crippen molar-refractivity contribution in [2.75, 3.05) is 5.73 Å². The summed E-state index contributed by atoms with van der Waals surface area (Å²) in [6.07, 6.45) is 0. The molecule has 0 saturated heterocycles. The van der Waals surface area contributed by atoms with E-state index in [2.05, 4.69) is 11.7 Å². The van der Waals surface area contributed by atoms with E-state index < -0.39 is 0 Å². The number of anilines is 1. The molecular formula is C7H10N2O. The Morgan fingerprint density at radius 2 is 2.30 bits per heavy atom. The molecule has 0 bridgehead atoms. The average Bonchev–Trinajstić information content (AvgIpc) is 2.11. The number of nitrogens with zero attached hydrogens (tertiary/aromatic N) is 1. The lowest BCUT2D eigenvalue weighted by molar-refractivity contribution is 0.400. The Labute approximate surface area is 59.5 Å². The molecular weight excluding hydrogens is 128 g/mol. The number of aryl methyl sites for hydroxylation is 1. The van der Waals surface area contributed by atoms with Gasteiger partial charge in [0.25, 0.3) is 0 Å². The van der Waals surface area contributed by atoms with E-state index in [1.54, 1.807) is 0 Å². The second-order valence-corrected chi connectivity index (χ2v) is 2.28. The van der Waals surface area contributed by atoms with Gasteiger partial charge in [-0.15, -0.1) is 0 Å². The zero-order valence-electron chi connectivity index (χ0n) is 6.14. The first-order valence-corrected chi connectivity index (χ1v) is 3.00. The number of rotatable bonds is 1. The third kappa shape index (κ3) is 0.900. The van der Waals surface area contributed by atoms with Crippen LogP contribution in [-0.4, -0.2) is 5.16 Å². The van der Waals surface area contributed by atoms with Crippen LogP contribution in [0.3, 0.4) is 0 Å². The minimum atomic E-state index is 0.421. The molecule has 0 unspecified atom stereocenters. The summed E-state index contributed by atoms with van der Waals surface area (Å²) >= 11 is 0. The van der Waals surface area contributed by atoms with Crippen LogP contribution in [0.2, 0.25) is 0 Å². The number of hydrogen-bond acceptors (Lipinski definition) is 3. The summed E-state index contributed by atoms with van der Waals surface area (Å²) in [5.41, 5.74) is 7.20. The van der Waals surface area contributed by atoms with Crippen molar-refractivity contribution in [3.05, 3.63) is 17.9 Å². The highest BCUT2D eigenvalue weighted by Crippen LogP contribution is 2.22. The van der Waals surface area contributed by atoms with E-state index in [4.69, 9.17) is 10.3 Å². The third-order valence-electron chi connectivity index (χ3n) is 1.32. The minimum absolute atomic E-state index is 0.421. The number of hydrogen-bond donors (Lipinski definition) is 1. The molecule has 0 amide bonds. The fourth-order valence-corrected chi connectivity index (χ4v) is 0.908. The van der Waals surface area contributed by atoms with Gasteiger partial charge in [-0.1, -0.05) is 11.7 Å². The lowest BCUT2D eigenvalue weighted by Gasteiger charge is -1.93. The quantitative estimate of drug-likeness (QED) is 0.641. The van der Waals surface area contributed by atoms with Crippen molar-refractivity contribution < 1.29 is 4.52 Å². The van der Waals surface area contributed by atoms with Crippen LogP contribution in [0.1, 0.15) is 18.2 Å². The van der Waals surface area contributed by atoms with Crippen LogP contribution in [-0.2, 0) is 0 Å². The molecule has 1 aromatic heterocycles. The van der Waals surface area contributed by atoms with Gasteiger partial charge in [0.2, 0.25) is 0 Å². The summed E-state index contributed by atoms with van der Waals surface area (Å²) in [6, 6.07) is 0. The van der Waals surface area contributed by atoms with Crippen LogP contribution >= 0.6 is 0 Å². The van der Waals surface area contributed by atoms with Gasteiger partial charge in [0.05, 0.1) is 5.56 Å². The largest absolute Gasteiger partial charge is 0.380 e. The van der Waals surface area contributed by atoms with Gasteiger partial charge in [0, 0.05) is 0 Å². The summed E-state index contributed by atoms with van der Waals surface area (Å²) in [6.45, 7) is 7.42. The molecule has 0 atom stereocenters. The molecule has 0 aliphatic heterocycles. The molecule has 1 aromatic rings. The smallest absolute Gasteiger partial charge is 0.174 e. The molecule has 10 heavy (non-hydrogen) atoms. The van der Waals surface area contributed by atoms with Gasteiger partial charge in [0.15, 0.2) is 5.82 Å². The van der Waals surface area contributed by atoms with E-state index in [0.29, 0.717) is 5.82 Å². The van der Waals surface area contributed by atoms with Crippen molar-refractivity contribution >= 4 is 11.4 Å². The maximum Gasteiger partial charge on any atom is 0.174 e. The normalized spacial score (nSPS) is 9.80. The van der Waals surface area contributed by atoms with E-state index in [1.165, 1.54) is 0 Å². The lowest BCUT2D eigenvalue weighted by atomic mass is 10.1. The molecule has 2 N–H and O–H groups in total. The predicted molar refractivity (Wildman–Crippen MR) is 40.4 cm³/mol.